The zero-order chi connectivity index (χ0) is 25.6. The average molecular weight is 519 g/mol. The molecule has 1 fully saturated rings. The number of urea groups is 1. The third kappa shape index (κ3) is 4.21. The van der Waals surface area contributed by atoms with Crippen molar-refractivity contribution in [3.63, 3.8) is 0 Å². The van der Waals surface area contributed by atoms with Gasteiger partial charge in [0.25, 0.3) is 0 Å². The number of fused-ring (bicyclic) bond motifs is 3. The number of alkyl halides is 3. The first-order chi connectivity index (χ1) is 16.4. The maximum Gasteiger partial charge on any atom is 0.416 e. The van der Waals surface area contributed by atoms with E-state index in [-0.39, 0.29) is 25.9 Å². The van der Waals surface area contributed by atoms with E-state index in [1.165, 1.54) is 0 Å². The van der Waals surface area contributed by atoms with Crippen molar-refractivity contribution in [3.05, 3.63) is 59.2 Å². The Morgan fingerprint density at radius 1 is 1.11 bits per heavy atom. The van der Waals surface area contributed by atoms with E-state index >= 15 is 4.39 Å². The molecule has 2 aliphatic rings. The minimum Gasteiger partial charge on any atom is -0.490 e. The molecule has 1 aliphatic heterocycles. The first-order valence-electron chi connectivity index (χ1n) is 11.0. The zero-order valence-corrected chi connectivity index (χ0v) is 19.4. The van der Waals surface area contributed by atoms with Gasteiger partial charge in [-0.25, -0.2) is 22.0 Å². The number of halogens is 5. The van der Waals surface area contributed by atoms with E-state index < -0.39 is 72.2 Å². The van der Waals surface area contributed by atoms with E-state index in [1.54, 1.807) is 6.92 Å². The Bertz CT molecular complexity index is 1230. The molecule has 190 valence electrons. The number of ether oxygens (including phenoxy) is 1. The highest BCUT2D eigenvalue weighted by molar-refractivity contribution is 7.92. The molecule has 6 nitrogen and oxygen atoms in total. The number of nitrogens with one attached hydrogen (secondary N) is 2. The van der Waals surface area contributed by atoms with E-state index in [0.29, 0.717) is 18.7 Å². The van der Waals surface area contributed by atoms with Crippen molar-refractivity contribution in [2.45, 2.75) is 48.0 Å². The summed E-state index contributed by atoms with van der Waals surface area (Å²) in [5, 5.41) is 5.32. The fourth-order valence-electron chi connectivity index (χ4n) is 5.08. The van der Waals surface area contributed by atoms with Crippen LogP contribution in [0.4, 0.5) is 26.7 Å². The molecule has 0 aromatic heterocycles. The molecule has 12 heteroatoms. The molecule has 4 rings (SSSR count). The molecule has 3 atom stereocenters. The number of carbonyl (C=O) groups is 1. The molecule has 2 aromatic carbocycles. The highest BCUT2D eigenvalue weighted by Gasteiger charge is 2.59. The van der Waals surface area contributed by atoms with E-state index in [4.69, 9.17) is 4.74 Å². The van der Waals surface area contributed by atoms with Crippen LogP contribution in [0, 0.1) is 17.6 Å². The summed E-state index contributed by atoms with van der Waals surface area (Å²) in [6.45, 7) is 1.82. The lowest BCUT2D eigenvalue weighted by atomic mass is 9.71. The Kier molecular flexibility index (Phi) is 6.45. The second kappa shape index (κ2) is 8.96. The van der Waals surface area contributed by atoms with Gasteiger partial charge in [0.05, 0.1) is 22.6 Å². The monoisotopic (exact) mass is 518 g/mol. The molecule has 2 N–H and O–H groups in total. The van der Waals surface area contributed by atoms with E-state index in [2.05, 4.69) is 10.6 Å². The number of carbonyl (C=O) groups excluding carboxylic acids is 1. The van der Waals surface area contributed by atoms with Crippen molar-refractivity contribution in [3.8, 4) is 5.75 Å². The third-order valence-corrected chi connectivity index (χ3v) is 9.24. The number of sulfone groups is 1. The Balaban J connectivity index is 1.83. The van der Waals surface area contributed by atoms with E-state index in [0.717, 1.165) is 24.3 Å². The van der Waals surface area contributed by atoms with Gasteiger partial charge in [0.1, 0.15) is 10.6 Å². The van der Waals surface area contributed by atoms with Crippen molar-refractivity contribution < 1.29 is 39.9 Å². The standard InChI is InChI=1S/C23H23F5N2O4S/c1-2-29-21(31)30-15-9-10-22(35(32,33)16-5-3-13(4-6-16)23(26,27)28)14(11-15)12-34-20-18(25)8-7-17(24)19(20)22/h3-8,14-15H,2,9-12H2,1H3,(H2,29,30,31)/t14?,15-,22+/m1/s1. The predicted molar refractivity (Wildman–Crippen MR) is 115 cm³/mol. The number of rotatable bonds is 4. The summed E-state index contributed by atoms with van der Waals surface area (Å²) >= 11 is 0. The van der Waals surface area contributed by atoms with Crippen LogP contribution >= 0.6 is 0 Å². The number of hydrogen-bond donors (Lipinski definition) is 2. The number of hydrogen-bond acceptors (Lipinski definition) is 4. The quantitative estimate of drug-likeness (QED) is 0.583. The fourth-order valence-corrected chi connectivity index (χ4v) is 7.44. The van der Waals surface area contributed by atoms with E-state index in [9.17, 15) is 30.8 Å². The average Bonchev–Trinajstić information content (AvgIpc) is 2.80. The third-order valence-electron chi connectivity index (χ3n) is 6.65. The zero-order valence-electron chi connectivity index (χ0n) is 18.6. The Morgan fingerprint density at radius 2 is 1.77 bits per heavy atom. The van der Waals surface area contributed by atoms with Crippen molar-refractivity contribution >= 4 is 15.9 Å². The van der Waals surface area contributed by atoms with Crippen LogP contribution < -0.4 is 15.4 Å². The summed E-state index contributed by atoms with van der Waals surface area (Å²) in [6.07, 6.45) is -4.68. The summed E-state index contributed by atoms with van der Waals surface area (Å²) in [4.78, 5) is 11.6. The van der Waals surface area contributed by atoms with Crippen LogP contribution in [0.2, 0.25) is 0 Å². The minimum atomic E-state index is -4.67. The first kappa shape index (κ1) is 25.2. The number of benzene rings is 2. The maximum absolute atomic E-state index is 15.2. The highest BCUT2D eigenvalue weighted by atomic mass is 32.2. The Labute approximate surface area is 198 Å². The van der Waals surface area contributed by atoms with Crippen LogP contribution in [0.3, 0.4) is 0 Å². The van der Waals surface area contributed by atoms with Crippen LogP contribution in [0.5, 0.6) is 5.75 Å². The van der Waals surface area contributed by atoms with Crippen LogP contribution in [-0.2, 0) is 20.8 Å². The van der Waals surface area contributed by atoms with Gasteiger partial charge >= 0.3 is 12.2 Å². The van der Waals surface area contributed by atoms with Gasteiger partial charge in [-0.3, -0.25) is 0 Å². The van der Waals surface area contributed by atoms with Gasteiger partial charge in [-0.1, -0.05) is 0 Å². The smallest absolute Gasteiger partial charge is 0.416 e. The Morgan fingerprint density at radius 3 is 2.40 bits per heavy atom. The van der Waals surface area contributed by atoms with Crippen LogP contribution in [-0.4, -0.2) is 33.6 Å². The molecule has 1 unspecified atom stereocenters. The second-order valence-electron chi connectivity index (χ2n) is 8.63. The van der Waals surface area contributed by atoms with Gasteiger partial charge in [-0.05, 0) is 62.6 Å². The normalized spacial score (nSPS) is 24.1. The first-order valence-corrected chi connectivity index (χ1v) is 12.5. The number of amides is 2. The molecular weight excluding hydrogens is 495 g/mol. The summed E-state index contributed by atoms with van der Waals surface area (Å²) in [5.41, 5.74) is -1.50. The summed E-state index contributed by atoms with van der Waals surface area (Å²) < 4.78 is 100. The molecule has 2 amide bonds. The van der Waals surface area contributed by atoms with E-state index in [1.807, 2.05) is 0 Å². The van der Waals surface area contributed by atoms with Crippen molar-refractivity contribution in [2.75, 3.05) is 13.2 Å². The highest BCUT2D eigenvalue weighted by Crippen LogP contribution is 2.56. The molecule has 2 aromatic rings. The van der Waals surface area contributed by atoms with Crippen LogP contribution in [0.25, 0.3) is 0 Å². The fraction of sp³-hybridized carbons (Fsp3) is 0.435. The SMILES string of the molecule is CCNC(=O)N[C@@H]1CC[C@@]2(S(=O)(=O)c3ccc(C(F)(F)F)cc3)c3c(F)ccc(F)c3OCC2C1. The largest absolute Gasteiger partial charge is 0.490 e. The van der Waals surface area contributed by atoms with Gasteiger partial charge in [0, 0.05) is 18.5 Å². The van der Waals surface area contributed by atoms with Crippen LogP contribution in [0.15, 0.2) is 41.3 Å². The summed E-state index contributed by atoms with van der Waals surface area (Å²) in [7, 11) is -4.54. The van der Waals surface area contributed by atoms with Crippen molar-refractivity contribution in [1.82, 2.24) is 10.6 Å². The van der Waals surface area contributed by atoms with Gasteiger partial charge in [0.15, 0.2) is 21.4 Å². The summed E-state index contributed by atoms with van der Waals surface area (Å²) in [6, 6.07) is 3.66. The lowest BCUT2D eigenvalue weighted by Crippen LogP contribution is -2.56. The van der Waals surface area contributed by atoms with Gasteiger partial charge < -0.3 is 15.4 Å². The molecule has 35 heavy (non-hydrogen) atoms. The van der Waals surface area contributed by atoms with Gasteiger partial charge in [0.2, 0.25) is 0 Å². The molecule has 1 aliphatic carbocycles. The molecule has 0 saturated heterocycles. The molecule has 1 heterocycles. The topological polar surface area (TPSA) is 84.5 Å². The van der Waals surface area contributed by atoms with Gasteiger partial charge in [-0.2, -0.15) is 13.2 Å². The lowest BCUT2D eigenvalue weighted by molar-refractivity contribution is -0.137. The predicted octanol–water partition coefficient (Wildman–Crippen LogP) is 4.53. The second-order valence-corrected chi connectivity index (χ2v) is 10.8. The minimum absolute atomic E-state index is 0.0758. The van der Waals surface area contributed by atoms with Crippen LogP contribution in [0.1, 0.15) is 37.3 Å². The molecule has 0 radical (unpaired) electrons. The van der Waals surface area contributed by atoms with Crippen molar-refractivity contribution in [1.29, 1.82) is 0 Å². The van der Waals surface area contributed by atoms with Gasteiger partial charge in [-0.15, -0.1) is 0 Å². The molecule has 1 saturated carbocycles. The molecular formula is C23H23F5N2O4S. The van der Waals surface area contributed by atoms with Crippen molar-refractivity contribution in [2.24, 2.45) is 5.92 Å². The lowest BCUT2D eigenvalue weighted by Gasteiger charge is -2.49. The Hall–Kier alpha value is -2.89. The maximum atomic E-state index is 15.2. The molecule has 0 spiro atoms. The summed E-state index contributed by atoms with van der Waals surface area (Å²) in [5.74, 6) is -3.35. The molecule has 0 bridgehead atoms.